The van der Waals surface area contributed by atoms with Gasteiger partial charge >= 0.3 is 5.97 Å². The van der Waals surface area contributed by atoms with Gasteiger partial charge in [-0.1, -0.05) is 12.1 Å². The number of nitrogens with zero attached hydrogens (tertiary/aromatic N) is 1. The second-order valence-corrected chi connectivity index (χ2v) is 6.54. The molecule has 2 rings (SSSR count). The average molecular weight is 294 g/mol. The van der Waals surface area contributed by atoms with E-state index >= 15 is 0 Å². The molecule has 0 bridgehead atoms. The molecule has 7 heteroatoms. The molecule has 0 unspecified atom stereocenters. The Morgan fingerprint density at radius 2 is 2.00 bits per heavy atom. The lowest BCUT2D eigenvalue weighted by Gasteiger charge is -2.21. The topological polar surface area (TPSA) is 96.4 Å². The third-order valence-corrected chi connectivity index (χ3v) is 4.57. The molecule has 0 amide bonds. The molecule has 1 aromatic carbocycles. The molecule has 0 saturated heterocycles. The molecule has 0 fully saturated rings. The van der Waals surface area contributed by atoms with E-state index in [2.05, 4.69) is 9.71 Å². The number of carbonyl (C=O) groups is 1. The van der Waals surface area contributed by atoms with Gasteiger partial charge in [-0.3, -0.25) is 9.78 Å². The summed E-state index contributed by atoms with van der Waals surface area (Å²) in [6.07, 6.45) is 3.04. The lowest BCUT2D eigenvalue weighted by molar-refractivity contribution is -0.142. The summed E-state index contributed by atoms with van der Waals surface area (Å²) in [5, 5.41) is 10.2. The summed E-state index contributed by atoms with van der Waals surface area (Å²) in [5.41, 5.74) is -1.59. The number of rotatable bonds is 4. The van der Waals surface area contributed by atoms with Gasteiger partial charge in [-0.15, -0.1) is 0 Å². The predicted octanol–water partition coefficient (Wildman–Crippen LogP) is 1.38. The van der Waals surface area contributed by atoms with Crippen LogP contribution in [-0.4, -0.2) is 30.0 Å². The van der Waals surface area contributed by atoms with E-state index < -0.39 is 21.5 Å². The molecule has 0 radical (unpaired) electrons. The maximum Gasteiger partial charge on any atom is 0.324 e. The second-order valence-electron chi connectivity index (χ2n) is 4.89. The van der Waals surface area contributed by atoms with Crippen molar-refractivity contribution < 1.29 is 18.3 Å². The highest BCUT2D eigenvalue weighted by molar-refractivity contribution is 7.89. The summed E-state index contributed by atoms with van der Waals surface area (Å²) >= 11 is 0. The van der Waals surface area contributed by atoms with E-state index in [4.69, 9.17) is 5.11 Å². The fourth-order valence-corrected chi connectivity index (χ4v) is 3.36. The molecule has 106 valence electrons. The van der Waals surface area contributed by atoms with Crippen LogP contribution in [0.4, 0.5) is 0 Å². The molecule has 0 aliphatic carbocycles. The summed E-state index contributed by atoms with van der Waals surface area (Å²) < 4.78 is 26.9. The van der Waals surface area contributed by atoms with Gasteiger partial charge in [0.15, 0.2) is 0 Å². The minimum atomic E-state index is -3.95. The normalized spacial score (nSPS) is 12.5. The molecular weight excluding hydrogens is 280 g/mol. The molecule has 6 nitrogen and oxygen atoms in total. The van der Waals surface area contributed by atoms with Crippen LogP contribution in [0.1, 0.15) is 13.8 Å². The van der Waals surface area contributed by atoms with E-state index in [0.717, 1.165) is 0 Å². The molecule has 2 aromatic rings. The van der Waals surface area contributed by atoms with E-state index in [9.17, 15) is 13.2 Å². The molecule has 2 N–H and O–H groups in total. The maximum atomic E-state index is 12.4. The minimum absolute atomic E-state index is 0.0340. The Hall–Kier alpha value is -1.99. The first-order chi connectivity index (χ1) is 9.24. The number of benzene rings is 1. The highest BCUT2D eigenvalue weighted by Gasteiger charge is 2.33. The Labute approximate surface area is 116 Å². The first-order valence-corrected chi connectivity index (χ1v) is 7.32. The Kier molecular flexibility index (Phi) is 3.49. The molecule has 0 saturated carbocycles. The van der Waals surface area contributed by atoms with Crippen LogP contribution in [0.3, 0.4) is 0 Å². The van der Waals surface area contributed by atoms with Gasteiger partial charge in [-0.25, -0.2) is 8.42 Å². The zero-order chi connectivity index (χ0) is 15.0. The van der Waals surface area contributed by atoms with Crippen molar-refractivity contribution in [2.24, 2.45) is 0 Å². The fourth-order valence-electron chi connectivity index (χ4n) is 1.76. The number of sulfonamides is 1. The number of fused-ring (bicyclic) bond motifs is 1. The zero-order valence-corrected chi connectivity index (χ0v) is 11.8. The van der Waals surface area contributed by atoms with Crippen LogP contribution in [0.5, 0.6) is 0 Å². The Morgan fingerprint density at radius 3 is 2.65 bits per heavy atom. The molecule has 0 spiro atoms. The largest absolute Gasteiger partial charge is 0.480 e. The molecular formula is C13H14N2O4S. The van der Waals surface area contributed by atoms with Crippen molar-refractivity contribution in [3.05, 3.63) is 36.7 Å². The number of carboxylic acid groups (broad SMARTS) is 1. The number of hydrogen-bond acceptors (Lipinski definition) is 4. The first kappa shape index (κ1) is 14.4. The summed E-state index contributed by atoms with van der Waals surface area (Å²) in [6.45, 7) is 2.58. The predicted molar refractivity (Wildman–Crippen MR) is 73.8 cm³/mol. The van der Waals surface area contributed by atoms with E-state index in [1.165, 1.54) is 26.1 Å². The number of nitrogens with one attached hydrogen (secondary N) is 1. The van der Waals surface area contributed by atoms with Crippen molar-refractivity contribution in [1.29, 1.82) is 0 Å². The number of aliphatic carboxylic acids is 1. The lowest BCUT2D eigenvalue weighted by atomic mass is 10.1. The first-order valence-electron chi connectivity index (χ1n) is 5.84. The summed E-state index contributed by atoms with van der Waals surface area (Å²) in [6, 6.07) is 6.34. The van der Waals surface area contributed by atoms with Gasteiger partial charge in [0, 0.05) is 23.2 Å². The Bertz CT molecular complexity index is 764. The van der Waals surface area contributed by atoms with Gasteiger partial charge in [-0.05, 0) is 26.0 Å². The van der Waals surface area contributed by atoms with Gasteiger partial charge in [0.2, 0.25) is 10.0 Å². The minimum Gasteiger partial charge on any atom is -0.480 e. The SMILES string of the molecule is CC(C)(NS(=O)(=O)c1cccc2cnccc12)C(=O)O. The highest BCUT2D eigenvalue weighted by Crippen LogP contribution is 2.23. The van der Waals surface area contributed by atoms with E-state index in [1.807, 2.05) is 0 Å². The van der Waals surface area contributed by atoms with Crippen LogP contribution >= 0.6 is 0 Å². The van der Waals surface area contributed by atoms with Crippen LogP contribution in [0.15, 0.2) is 41.6 Å². The van der Waals surface area contributed by atoms with Crippen molar-refractivity contribution in [3.63, 3.8) is 0 Å². The van der Waals surface area contributed by atoms with E-state index in [0.29, 0.717) is 10.8 Å². The average Bonchev–Trinajstić information content (AvgIpc) is 2.36. The molecule has 0 atom stereocenters. The number of aromatic nitrogens is 1. The van der Waals surface area contributed by atoms with Gasteiger partial charge < -0.3 is 5.11 Å². The van der Waals surface area contributed by atoms with Crippen LogP contribution in [-0.2, 0) is 14.8 Å². The smallest absolute Gasteiger partial charge is 0.324 e. The molecule has 20 heavy (non-hydrogen) atoms. The van der Waals surface area contributed by atoms with Gasteiger partial charge in [-0.2, -0.15) is 4.72 Å². The van der Waals surface area contributed by atoms with Crippen LogP contribution in [0.25, 0.3) is 10.8 Å². The summed E-state index contributed by atoms with van der Waals surface area (Å²) in [7, 11) is -3.95. The number of pyridine rings is 1. The van der Waals surface area contributed by atoms with Gasteiger partial charge in [0.05, 0.1) is 4.90 Å². The summed E-state index contributed by atoms with van der Waals surface area (Å²) in [4.78, 5) is 15.0. The van der Waals surface area contributed by atoms with Crippen molar-refractivity contribution in [2.45, 2.75) is 24.3 Å². The summed E-state index contributed by atoms with van der Waals surface area (Å²) in [5.74, 6) is -1.25. The third-order valence-electron chi connectivity index (χ3n) is 2.85. The van der Waals surface area contributed by atoms with Crippen molar-refractivity contribution in [2.75, 3.05) is 0 Å². The monoisotopic (exact) mass is 294 g/mol. The quantitative estimate of drug-likeness (QED) is 0.888. The van der Waals surface area contributed by atoms with Crippen molar-refractivity contribution >= 4 is 26.8 Å². The van der Waals surface area contributed by atoms with E-state index in [-0.39, 0.29) is 4.90 Å². The molecule has 1 heterocycles. The van der Waals surface area contributed by atoms with Gasteiger partial charge in [0.25, 0.3) is 0 Å². The van der Waals surface area contributed by atoms with E-state index in [1.54, 1.807) is 24.4 Å². The lowest BCUT2D eigenvalue weighted by Crippen LogP contribution is -2.49. The Balaban J connectivity index is 2.56. The number of hydrogen-bond donors (Lipinski definition) is 2. The third kappa shape index (κ3) is 2.63. The van der Waals surface area contributed by atoms with Crippen molar-refractivity contribution in [3.8, 4) is 0 Å². The van der Waals surface area contributed by atoms with Gasteiger partial charge in [0.1, 0.15) is 5.54 Å². The van der Waals surface area contributed by atoms with Crippen LogP contribution < -0.4 is 4.72 Å². The Morgan fingerprint density at radius 1 is 1.30 bits per heavy atom. The number of carboxylic acids is 1. The molecule has 1 aromatic heterocycles. The highest BCUT2D eigenvalue weighted by atomic mass is 32.2. The molecule has 0 aliphatic rings. The zero-order valence-electron chi connectivity index (χ0n) is 11.0. The van der Waals surface area contributed by atoms with Crippen LogP contribution in [0.2, 0.25) is 0 Å². The molecule has 0 aliphatic heterocycles. The van der Waals surface area contributed by atoms with Crippen molar-refractivity contribution in [1.82, 2.24) is 9.71 Å². The van der Waals surface area contributed by atoms with Crippen LogP contribution in [0, 0.1) is 0 Å². The standard InChI is InChI=1S/C13H14N2O4S/c1-13(2,12(16)17)15-20(18,19)11-5-3-4-9-8-14-7-6-10(9)11/h3-8,15H,1-2H3,(H,16,17). The second kappa shape index (κ2) is 4.84. The maximum absolute atomic E-state index is 12.4. The fraction of sp³-hybridized carbons (Fsp3) is 0.231.